The van der Waals surface area contributed by atoms with Gasteiger partial charge >= 0.3 is 0 Å². The summed E-state index contributed by atoms with van der Waals surface area (Å²) in [7, 11) is 2.04. The summed E-state index contributed by atoms with van der Waals surface area (Å²) < 4.78 is 3.19. The number of piperazine rings is 1. The summed E-state index contributed by atoms with van der Waals surface area (Å²) in [6.45, 7) is 6.50. The maximum absolute atomic E-state index is 4.49. The van der Waals surface area contributed by atoms with Crippen LogP contribution in [0.1, 0.15) is 37.1 Å². The van der Waals surface area contributed by atoms with Crippen molar-refractivity contribution in [3.05, 3.63) is 15.9 Å². The van der Waals surface area contributed by atoms with Crippen LogP contribution in [-0.4, -0.2) is 39.9 Å². The largest absolute Gasteiger partial charge is 0.309 e. The maximum Gasteiger partial charge on any atom is 0.0739 e. The first-order valence-corrected chi connectivity index (χ1v) is 8.04. The van der Waals surface area contributed by atoms with Gasteiger partial charge in [0.15, 0.2) is 0 Å². The van der Waals surface area contributed by atoms with Crippen molar-refractivity contribution in [2.45, 2.75) is 44.7 Å². The summed E-state index contributed by atoms with van der Waals surface area (Å²) in [6.07, 6.45) is 5.45. The molecular formula is C14H23BrN4. The van der Waals surface area contributed by atoms with E-state index in [0.717, 1.165) is 25.3 Å². The van der Waals surface area contributed by atoms with E-state index < -0.39 is 0 Å². The van der Waals surface area contributed by atoms with E-state index in [1.807, 2.05) is 11.7 Å². The standard InChI is InChI=1S/C14H23BrN4/c1-11-13(15)12(18(2)17-11)9-19-8-7-16-14(10-19)5-3-4-6-14/h16H,3-10H2,1-2H3. The third kappa shape index (κ3) is 2.60. The van der Waals surface area contributed by atoms with E-state index in [0.29, 0.717) is 5.54 Å². The number of nitrogens with one attached hydrogen (secondary N) is 1. The lowest BCUT2D eigenvalue weighted by Crippen LogP contribution is -2.58. The fourth-order valence-electron chi connectivity index (χ4n) is 3.63. The third-order valence-electron chi connectivity index (χ3n) is 4.65. The van der Waals surface area contributed by atoms with Gasteiger partial charge in [0.2, 0.25) is 0 Å². The number of halogens is 1. The minimum atomic E-state index is 0.401. The topological polar surface area (TPSA) is 33.1 Å². The summed E-state index contributed by atoms with van der Waals surface area (Å²) in [4.78, 5) is 2.59. The van der Waals surface area contributed by atoms with Crippen molar-refractivity contribution >= 4 is 15.9 Å². The van der Waals surface area contributed by atoms with Gasteiger partial charge in [0.25, 0.3) is 0 Å². The molecule has 19 heavy (non-hydrogen) atoms. The van der Waals surface area contributed by atoms with Gasteiger partial charge in [0.05, 0.1) is 15.9 Å². The van der Waals surface area contributed by atoms with Crippen LogP contribution in [0, 0.1) is 6.92 Å². The molecule has 106 valence electrons. The molecule has 0 aromatic carbocycles. The number of hydrogen-bond donors (Lipinski definition) is 1. The van der Waals surface area contributed by atoms with Gasteiger partial charge in [-0.25, -0.2) is 0 Å². The molecular weight excluding hydrogens is 304 g/mol. The first-order valence-electron chi connectivity index (χ1n) is 7.25. The van der Waals surface area contributed by atoms with Crippen LogP contribution in [0.15, 0.2) is 4.47 Å². The second-order valence-corrected chi connectivity index (χ2v) is 6.89. The highest BCUT2D eigenvalue weighted by atomic mass is 79.9. The summed E-state index contributed by atoms with van der Waals surface area (Å²) in [5.74, 6) is 0. The van der Waals surface area contributed by atoms with Gasteiger partial charge in [-0.2, -0.15) is 5.10 Å². The number of nitrogens with zero attached hydrogens (tertiary/aromatic N) is 3. The van der Waals surface area contributed by atoms with Crippen LogP contribution in [-0.2, 0) is 13.6 Å². The minimum Gasteiger partial charge on any atom is -0.309 e. The van der Waals surface area contributed by atoms with Crippen molar-refractivity contribution in [3.63, 3.8) is 0 Å². The van der Waals surface area contributed by atoms with E-state index in [1.54, 1.807) is 0 Å². The first kappa shape index (κ1) is 13.6. The SMILES string of the molecule is Cc1nn(C)c(CN2CCNC3(CCCC3)C2)c1Br. The first-order chi connectivity index (χ1) is 9.10. The zero-order valence-corrected chi connectivity index (χ0v) is 13.5. The second-order valence-electron chi connectivity index (χ2n) is 6.09. The summed E-state index contributed by atoms with van der Waals surface area (Å²) in [5.41, 5.74) is 2.79. The molecule has 2 heterocycles. The molecule has 5 heteroatoms. The van der Waals surface area contributed by atoms with Crippen LogP contribution in [0.2, 0.25) is 0 Å². The zero-order chi connectivity index (χ0) is 13.5. The van der Waals surface area contributed by atoms with Gasteiger partial charge in [0.1, 0.15) is 0 Å². The third-order valence-corrected chi connectivity index (χ3v) is 5.68. The van der Waals surface area contributed by atoms with Gasteiger partial charge in [-0.05, 0) is 35.7 Å². The molecule has 2 aliphatic rings. The molecule has 1 saturated carbocycles. The van der Waals surface area contributed by atoms with Crippen LogP contribution in [0.25, 0.3) is 0 Å². The Bertz CT molecular complexity index is 462. The van der Waals surface area contributed by atoms with E-state index in [-0.39, 0.29) is 0 Å². The Morgan fingerprint density at radius 2 is 2.11 bits per heavy atom. The molecule has 1 N–H and O–H groups in total. The van der Waals surface area contributed by atoms with Gasteiger partial charge in [-0.3, -0.25) is 9.58 Å². The predicted molar refractivity (Wildman–Crippen MR) is 80.1 cm³/mol. The number of hydrogen-bond acceptors (Lipinski definition) is 3. The Balaban J connectivity index is 1.72. The molecule has 1 aliphatic heterocycles. The maximum atomic E-state index is 4.49. The Morgan fingerprint density at radius 3 is 2.74 bits per heavy atom. The zero-order valence-electron chi connectivity index (χ0n) is 11.9. The van der Waals surface area contributed by atoms with E-state index >= 15 is 0 Å². The van der Waals surface area contributed by atoms with Crippen molar-refractivity contribution in [1.82, 2.24) is 20.0 Å². The molecule has 1 aliphatic carbocycles. The van der Waals surface area contributed by atoms with Crippen molar-refractivity contribution in [3.8, 4) is 0 Å². The number of aromatic nitrogens is 2. The van der Waals surface area contributed by atoms with E-state index in [2.05, 4.69) is 38.2 Å². The highest BCUT2D eigenvalue weighted by Gasteiger charge is 2.37. The van der Waals surface area contributed by atoms with Crippen molar-refractivity contribution in [2.75, 3.05) is 19.6 Å². The van der Waals surface area contributed by atoms with E-state index in [9.17, 15) is 0 Å². The van der Waals surface area contributed by atoms with Crippen LogP contribution >= 0.6 is 15.9 Å². The fraction of sp³-hybridized carbons (Fsp3) is 0.786. The normalized spacial score (nSPS) is 23.3. The molecule has 1 aromatic heterocycles. The molecule has 1 saturated heterocycles. The fourth-order valence-corrected chi connectivity index (χ4v) is 4.09. The van der Waals surface area contributed by atoms with Crippen LogP contribution in [0.4, 0.5) is 0 Å². The Labute approximate surface area is 123 Å². The highest BCUT2D eigenvalue weighted by molar-refractivity contribution is 9.10. The van der Waals surface area contributed by atoms with Crippen LogP contribution in [0.3, 0.4) is 0 Å². The molecule has 0 unspecified atom stereocenters. The molecule has 1 aromatic rings. The van der Waals surface area contributed by atoms with Crippen molar-refractivity contribution < 1.29 is 0 Å². The van der Waals surface area contributed by atoms with Gasteiger partial charge in [0, 0.05) is 38.8 Å². The van der Waals surface area contributed by atoms with Gasteiger partial charge < -0.3 is 5.32 Å². The Hall–Kier alpha value is -0.390. The smallest absolute Gasteiger partial charge is 0.0739 e. The minimum absolute atomic E-state index is 0.401. The van der Waals surface area contributed by atoms with E-state index in [4.69, 9.17) is 0 Å². The quantitative estimate of drug-likeness (QED) is 0.904. The summed E-state index contributed by atoms with van der Waals surface area (Å²) in [6, 6.07) is 0. The predicted octanol–water partition coefficient (Wildman–Crippen LogP) is 2.21. The molecule has 0 bridgehead atoms. The van der Waals surface area contributed by atoms with E-state index in [1.165, 1.54) is 42.4 Å². The Morgan fingerprint density at radius 1 is 1.37 bits per heavy atom. The van der Waals surface area contributed by atoms with Crippen LogP contribution in [0.5, 0.6) is 0 Å². The lowest BCUT2D eigenvalue weighted by atomic mass is 9.94. The van der Waals surface area contributed by atoms with Crippen molar-refractivity contribution in [1.29, 1.82) is 0 Å². The average Bonchev–Trinajstić information content (AvgIpc) is 2.91. The summed E-state index contributed by atoms with van der Waals surface area (Å²) >= 11 is 3.68. The molecule has 1 spiro atoms. The van der Waals surface area contributed by atoms with Crippen molar-refractivity contribution in [2.24, 2.45) is 7.05 Å². The van der Waals surface area contributed by atoms with Gasteiger partial charge in [-0.1, -0.05) is 12.8 Å². The lowest BCUT2D eigenvalue weighted by molar-refractivity contribution is 0.126. The second kappa shape index (κ2) is 5.19. The number of aryl methyl sites for hydroxylation is 2. The Kier molecular flexibility index (Phi) is 3.71. The highest BCUT2D eigenvalue weighted by Crippen LogP contribution is 2.33. The monoisotopic (exact) mass is 326 g/mol. The van der Waals surface area contributed by atoms with Crippen LogP contribution < -0.4 is 5.32 Å². The molecule has 4 nitrogen and oxygen atoms in total. The molecule has 0 radical (unpaired) electrons. The molecule has 0 amide bonds. The van der Waals surface area contributed by atoms with Gasteiger partial charge in [-0.15, -0.1) is 0 Å². The lowest BCUT2D eigenvalue weighted by Gasteiger charge is -2.41. The molecule has 2 fully saturated rings. The average molecular weight is 327 g/mol. The number of rotatable bonds is 2. The molecule has 0 atom stereocenters. The molecule has 3 rings (SSSR count). The summed E-state index contributed by atoms with van der Waals surface area (Å²) in [5, 5.41) is 8.26.